The summed E-state index contributed by atoms with van der Waals surface area (Å²) in [6.45, 7) is 1.06. The van der Waals surface area contributed by atoms with E-state index in [0.29, 0.717) is 12.0 Å². The van der Waals surface area contributed by atoms with E-state index in [2.05, 4.69) is 91.5 Å². The number of likely N-dealkylation sites (N-methyl/N-ethyl adjacent to an activating group) is 1. The lowest BCUT2D eigenvalue weighted by atomic mass is 9.53. The van der Waals surface area contributed by atoms with E-state index < -0.39 is 0 Å². The summed E-state index contributed by atoms with van der Waals surface area (Å²) < 4.78 is 12.8. The third-order valence-electron chi connectivity index (χ3n) is 10.2. The first kappa shape index (κ1) is 24.8. The molecule has 9 heteroatoms. The number of methoxy groups -OCH3 is 1. The SMILES string of the molecule is COc1ccc2c3c1O[C@H]1[C@@H](Nc4ccc(N=Nc5ccc6n[nH]nc6c5)c5ccccc45)C=C[C@H]4[C@@H](C2)N(C)CC[C@@]341. The fourth-order valence-electron chi connectivity index (χ4n) is 8.22. The monoisotopic (exact) mass is 569 g/mol. The third-order valence-corrected chi connectivity index (χ3v) is 10.2. The molecular weight excluding hydrogens is 538 g/mol. The molecule has 2 aliphatic heterocycles. The molecule has 0 saturated carbocycles. The Morgan fingerprint density at radius 1 is 1.00 bits per heavy atom. The molecule has 1 spiro atoms. The molecule has 9 nitrogen and oxygen atoms in total. The Hall–Kier alpha value is -4.76. The van der Waals surface area contributed by atoms with Crippen molar-refractivity contribution in [2.24, 2.45) is 16.1 Å². The van der Waals surface area contributed by atoms with Gasteiger partial charge < -0.3 is 19.7 Å². The number of hydrogen-bond acceptors (Lipinski definition) is 8. The lowest BCUT2D eigenvalue weighted by molar-refractivity contribution is -0.00190. The van der Waals surface area contributed by atoms with Crippen molar-refractivity contribution in [2.45, 2.75) is 36.4 Å². The predicted molar refractivity (Wildman–Crippen MR) is 166 cm³/mol. The number of benzene rings is 4. The number of nitrogens with one attached hydrogen (secondary N) is 2. The average molecular weight is 570 g/mol. The van der Waals surface area contributed by atoms with E-state index in [9.17, 15) is 0 Å². The quantitative estimate of drug-likeness (QED) is 0.186. The normalized spacial score (nSPS) is 27.0. The lowest BCUT2D eigenvalue weighted by Gasteiger charge is -2.57. The second kappa shape index (κ2) is 9.12. The standard InChI is InChI=1S/C34H31N7O2/c1-41-16-15-34-23-9-11-27(33(34)43-32-30(42-2)14-7-19(31(32)34)17-29(23)41)35-24-12-13-25(22-6-4-3-5-21(22)24)37-36-20-8-10-26-28(18-20)39-40-38-26/h3-14,18,23,27,29,33,35H,15-17H2,1-2H3,(H,38,39,40)/t23-,27-,29+,33-,34-/m0/s1. The van der Waals surface area contributed by atoms with Crippen molar-refractivity contribution >= 4 is 38.9 Å². The van der Waals surface area contributed by atoms with Crippen LogP contribution in [0.15, 0.2) is 89.1 Å². The van der Waals surface area contributed by atoms with Crippen LogP contribution >= 0.6 is 0 Å². The van der Waals surface area contributed by atoms with Crippen molar-refractivity contribution in [2.75, 3.05) is 26.0 Å². The number of piperidine rings is 1. The summed E-state index contributed by atoms with van der Waals surface area (Å²) in [4.78, 5) is 2.54. The molecule has 3 heterocycles. The second-order valence-electron chi connectivity index (χ2n) is 12.2. The summed E-state index contributed by atoms with van der Waals surface area (Å²) in [5.41, 5.74) is 6.86. The summed E-state index contributed by atoms with van der Waals surface area (Å²) in [5, 5.41) is 26.1. The van der Waals surface area contributed by atoms with Gasteiger partial charge >= 0.3 is 0 Å². The highest BCUT2D eigenvalue weighted by Gasteiger charge is 2.64. The molecule has 5 atom stereocenters. The number of azo groups is 1. The number of H-pyrrole nitrogens is 1. The van der Waals surface area contributed by atoms with Crippen LogP contribution in [0.3, 0.4) is 0 Å². The van der Waals surface area contributed by atoms with Gasteiger partial charge in [0, 0.05) is 39.4 Å². The van der Waals surface area contributed by atoms with Crippen LogP contribution < -0.4 is 14.8 Å². The highest BCUT2D eigenvalue weighted by atomic mass is 16.5. The number of hydrogen-bond donors (Lipinski definition) is 2. The van der Waals surface area contributed by atoms with Crippen molar-refractivity contribution < 1.29 is 9.47 Å². The second-order valence-corrected chi connectivity index (χ2v) is 12.2. The molecule has 5 aromatic rings. The van der Waals surface area contributed by atoms with Crippen molar-refractivity contribution in [3.05, 3.63) is 90.0 Å². The minimum absolute atomic E-state index is 0.00608. The fourth-order valence-corrected chi connectivity index (χ4v) is 8.22. The number of rotatable bonds is 5. The summed E-state index contributed by atoms with van der Waals surface area (Å²) in [6, 6.07) is 23.0. The highest BCUT2D eigenvalue weighted by molar-refractivity contribution is 6.01. The van der Waals surface area contributed by atoms with Crippen LogP contribution in [0.4, 0.5) is 17.1 Å². The Labute approximate surface area is 248 Å². The van der Waals surface area contributed by atoms with Gasteiger partial charge in [-0.05, 0) is 68.4 Å². The molecule has 0 radical (unpaired) electrons. The molecule has 2 N–H and O–H groups in total. The van der Waals surface area contributed by atoms with E-state index in [4.69, 9.17) is 9.47 Å². The Bertz CT molecular complexity index is 1980. The number of nitrogens with zero attached hydrogens (tertiary/aromatic N) is 5. The van der Waals surface area contributed by atoms with Crippen LogP contribution in [0, 0.1) is 5.92 Å². The van der Waals surface area contributed by atoms with Crippen LogP contribution in [0.5, 0.6) is 11.5 Å². The summed E-state index contributed by atoms with van der Waals surface area (Å²) in [5.74, 6) is 2.18. The van der Waals surface area contributed by atoms with Crippen LogP contribution in [0.25, 0.3) is 21.8 Å². The maximum Gasteiger partial charge on any atom is 0.165 e. The van der Waals surface area contributed by atoms with E-state index in [1.54, 1.807) is 7.11 Å². The Morgan fingerprint density at radius 3 is 2.79 bits per heavy atom. The molecule has 4 aliphatic rings. The smallest absolute Gasteiger partial charge is 0.165 e. The van der Waals surface area contributed by atoms with Crippen LogP contribution in [0.2, 0.25) is 0 Å². The van der Waals surface area contributed by atoms with Crippen molar-refractivity contribution in [1.29, 1.82) is 0 Å². The van der Waals surface area contributed by atoms with Crippen molar-refractivity contribution in [3.8, 4) is 11.5 Å². The molecular formula is C34H31N7O2. The van der Waals surface area contributed by atoms with E-state index in [1.165, 1.54) is 11.1 Å². The van der Waals surface area contributed by atoms with Gasteiger partial charge in [0.15, 0.2) is 11.5 Å². The van der Waals surface area contributed by atoms with E-state index in [-0.39, 0.29) is 17.6 Å². The van der Waals surface area contributed by atoms with Crippen LogP contribution in [-0.4, -0.2) is 59.2 Å². The van der Waals surface area contributed by atoms with E-state index in [0.717, 1.165) is 69.8 Å². The molecule has 214 valence electrons. The van der Waals surface area contributed by atoms with Gasteiger partial charge in [-0.3, -0.25) is 0 Å². The van der Waals surface area contributed by atoms with Gasteiger partial charge in [0.1, 0.15) is 17.1 Å². The molecule has 2 bridgehead atoms. The molecule has 4 aromatic carbocycles. The average Bonchev–Trinajstić information content (AvgIpc) is 3.65. The van der Waals surface area contributed by atoms with Gasteiger partial charge in [0.25, 0.3) is 0 Å². The number of aromatic nitrogens is 3. The Balaban J connectivity index is 1.09. The number of anilines is 1. The molecule has 1 fully saturated rings. The number of likely N-dealkylation sites (tertiary alicyclic amines) is 1. The summed E-state index contributed by atoms with van der Waals surface area (Å²) in [7, 11) is 4.01. The Kier molecular flexibility index (Phi) is 5.26. The molecule has 0 unspecified atom stereocenters. The first-order valence-electron chi connectivity index (χ1n) is 14.9. The third kappa shape index (κ3) is 3.48. The van der Waals surface area contributed by atoms with Crippen LogP contribution in [-0.2, 0) is 11.8 Å². The van der Waals surface area contributed by atoms with Crippen LogP contribution in [0.1, 0.15) is 17.5 Å². The molecule has 1 aromatic heterocycles. The van der Waals surface area contributed by atoms with Gasteiger partial charge in [0.05, 0.1) is 24.5 Å². The topological polar surface area (TPSA) is 100 Å². The largest absolute Gasteiger partial charge is 0.493 e. The number of aromatic amines is 1. The zero-order valence-corrected chi connectivity index (χ0v) is 24.0. The van der Waals surface area contributed by atoms with E-state index in [1.807, 2.05) is 30.3 Å². The van der Waals surface area contributed by atoms with Gasteiger partial charge in [0.2, 0.25) is 0 Å². The summed E-state index contributed by atoms with van der Waals surface area (Å²) >= 11 is 0. The fraction of sp³-hybridized carbons (Fsp3) is 0.294. The maximum atomic E-state index is 6.97. The van der Waals surface area contributed by atoms with Gasteiger partial charge in [-0.25, -0.2) is 0 Å². The minimum atomic E-state index is -0.0735. The zero-order chi connectivity index (χ0) is 28.7. The van der Waals surface area contributed by atoms with Crippen molar-refractivity contribution in [1.82, 2.24) is 20.3 Å². The maximum absolute atomic E-state index is 6.97. The first-order valence-corrected chi connectivity index (χ1v) is 14.9. The predicted octanol–water partition coefficient (Wildman–Crippen LogP) is 6.46. The molecule has 2 aliphatic carbocycles. The Morgan fingerprint density at radius 2 is 1.88 bits per heavy atom. The molecule has 9 rings (SSSR count). The number of ether oxygens (including phenoxy) is 2. The van der Waals surface area contributed by atoms with Crippen molar-refractivity contribution in [3.63, 3.8) is 0 Å². The zero-order valence-electron chi connectivity index (χ0n) is 24.0. The lowest BCUT2D eigenvalue weighted by Crippen LogP contribution is -2.65. The molecule has 0 amide bonds. The molecule has 43 heavy (non-hydrogen) atoms. The first-order chi connectivity index (χ1) is 21.1. The number of fused-ring (bicyclic) bond motifs is 2. The van der Waals surface area contributed by atoms with Gasteiger partial charge in [-0.2, -0.15) is 20.5 Å². The highest BCUT2D eigenvalue weighted by Crippen LogP contribution is 2.62. The van der Waals surface area contributed by atoms with Gasteiger partial charge in [-0.15, -0.1) is 5.11 Å². The minimum Gasteiger partial charge on any atom is -0.493 e. The molecule has 1 saturated heterocycles. The summed E-state index contributed by atoms with van der Waals surface area (Å²) in [6.07, 6.45) is 6.87. The van der Waals surface area contributed by atoms with Gasteiger partial charge in [-0.1, -0.05) is 42.5 Å². The van der Waals surface area contributed by atoms with E-state index >= 15 is 0 Å².